The zero-order chi connectivity index (χ0) is 9.26. The van der Waals surface area contributed by atoms with Crippen molar-refractivity contribution >= 4 is 11.7 Å². The Hall–Kier alpha value is -1.58. The number of hydrogen-bond donors (Lipinski definition) is 1. The first-order valence-corrected chi connectivity index (χ1v) is 4.09. The summed E-state index contributed by atoms with van der Waals surface area (Å²) in [5, 5.41) is 3.05. The molecule has 2 rings (SSSR count). The molecule has 0 aromatic carbocycles. The third-order valence-electron chi connectivity index (χ3n) is 2.10. The van der Waals surface area contributed by atoms with E-state index in [1.54, 1.807) is 6.20 Å². The van der Waals surface area contributed by atoms with Crippen LogP contribution in [0.2, 0.25) is 0 Å². The second-order valence-corrected chi connectivity index (χ2v) is 2.92. The quantitative estimate of drug-likeness (QED) is 0.639. The van der Waals surface area contributed by atoms with Crippen LogP contribution in [0.5, 0.6) is 0 Å². The van der Waals surface area contributed by atoms with E-state index in [0.717, 1.165) is 11.4 Å². The van der Waals surface area contributed by atoms with Gasteiger partial charge in [-0.2, -0.15) is 0 Å². The molecule has 1 aliphatic rings. The number of nitrogens with one attached hydrogen (secondary N) is 1. The molecule has 0 aliphatic carbocycles. The van der Waals surface area contributed by atoms with Gasteiger partial charge in [0, 0.05) is 12.6 Å². The number of carbonyl (C=O) groups is 1. The fourth-order valence-electron chi connectivity index (χ4n) is 1.45. The highest BCUT2D eigenvalue weighted by Gasteiger charge is 2.27. The SMILES string of the molecule is COC(=O)[C@@H]1Cc2ncccc2N1. The largest absolute Gasteiger partial charge is 0.467 e. The minimum atomic E-state index is -0.269. The Labute approximate surface area is 75.9 Å². The molecule has 0 saturated carbocycles. The molecular formula is C9H10N2O2. The molecule has 0 fully saturated rings. The van der Waals surface area contributed by atoms with Crippen molar-refractivity contribution in [2.75, 3.05) is 12.4 Å². The summed E-state index contributed by atoms with van der Waals surface area (Å²) in [6.45, 7) is 0. The number of ether oxygens (including phenoxy) is 1. The van der Waals surface area contributed by atoms with Gasteiger partial charge in [0.15, 0.2) is 0 Å². The van der Waals surface area contributed by atoms with Gasteiger partial charge in [0.05, 0.1) is 18.5 Å². The molecule has 0 unspecified atom stereocenters. The van der Waals surface area contributed by atoms with Crippen LogP contribution < -0.4 is 5.32 Å². The van der Waals surface area contributed by atoms with Gasteiger partial charge in [-0.05, 0) is 12.1 Å². The van der Waals surface area contributed by atoms with Gasteiger partial charge in [0.25, 0.3) is 0 Å². The molecular weight excluding hydrogens is 168 g/mol. The smallest absolute Gasteiger partial charge is 0.328 e. The summed E-state index contributed by atoms with van der Waals surface area (Å²) >= 11 is 0. The zero-order valence-electron chi connectivity index (χ0n) is 7.28. The number of nitrogens with zero attached hydrogens (tertiary/aromatic N) is 1. The second-order valence-electron chi connectivity index (χ2n) is 2.92. The predicted molar refractivity (Wildman–Crippen MR) is 47.4 cm³/mol. The Morgan fingerprint density at radius 1 is 1.77 bits per heavy atom. The number of methoxy groups -OCH3 is 1. The molecule has 68 valence electrons. The van der Waals surface area contributed by atoms with Crippen LogP contribution in [0.1, 0.15) is 5.69 Å². The number of aromatic nitrogens is 1. The lowest BCUT2D eigenvalue weighted by atomic mass is 10.2. The molecule has 1 aromatic rings. The lowest BCUT2D eigenvalue weighted by molar-refractivity contribution is -0.141. The Morgan fingerprint density at radius 3 is 3.31 bits per heavy atom. The third kappa shape index (κ3) is 1.35. The molecule has 1 atom stereocenters. The standard InChI is InChI=1S/C9H10N2O2/c1-13-9(12)8-5-7-6(11-8)3-2-4-10-7/h2-4,8,11H,5H2,1H3/t8-/m0/s1. The monoisotopic (exact) mass is 178 g/mol. The normalized spacial score (nSPS) is 19.0. The van der Waals surface area contributed by atoms with Crippen molar-refractivity contribution < 1.29 is 9.53 Å². The molecule has 1 aliphatic heterocycles. The summed E-state index contributed by atoms with van der Waals surface area (Å²) in [4.78, 5) is 15.3. The minimum Gasteiger partial charge on any atom is -0.467 e. The number of carbonyl (C=O) groups excluding carboxylic acids is 1. The number of rotatable bonds is 1. The highest BCUT2D eigenvalue weighted by Crippen LogP contribution is 2.23. The van der Waals surface area contributed by atoms with Gasteiger partial charge in [-0.1, -0.05) is 0 Å². The van der Waals surface area contributed by atoms with Gasteiger partial charge in [-0.25, -0.2) is 4.79 Å². The summed E-state index contributed by atoms with van der Waals surface area (Å²) in [6, 6.07) is 3.48. The lowest BCUT2D eigenvalue weighted by Gasteiger charge is -2.06. The van der Waals surface area contributed by atoms with Crippen LogP contribution in [0.4, 0.5) is 5.69 Å². The number of hydrogen-bond acceptors (Lipinski definition) is 4. The Kier molecular flexibility index (Phi) is 1.88. The molecule has 4 nitrogen and oxygen atoms in total. The molecule has 1 N–H and O–H groups in total. The third-order valence-corrected chi connectivity index (χ3v) is 2.10. The van der Waals surface area contributed by atoms with Crippen LogP contribution >= 0.6 is 0 Å². The molecule has 0 bridgehead atoms. The Bertz CT molecular complexity index is 313. The summed E-state index contributed by atoms with van der Waals surface area (Å²) < 4.78 is 4.64. The molecule has 0 radical (unpaired) electrons. The molecule has 0 spiro atoms. The molecule has 4 heteroatoms. The lowest BCUT2D eigenvalue weighted by Crippen LogP contribution is -2.27. The van der Waals surface area contributed by atoms with Crippen LogP contribution in [0, 0.1) is 0 Å². The van der Waals surface area contributed by atoms with Crippen molar-refractivity contribution in [2.24, 2.45) is 0 Å². The van der Waals surface area contributed by atoms with Crippen LogP contribution in [-0.4, -0.2) is 24.1 Å². The molecule has 0 saturated heterocycles. The first-order chi connectivity index (χ1) is 6.31. The molecule has 2 heterocycles. The van der Waals surface area contributed by atoms with Gasteiger partial charge in [-0.3, -0.25) is 4.98 Å². The van der Waals surface area contributed by atoms with Gasteiger partial charge >= 0.3 is 5.97 Å². The van der Waals surface area contributed by atoms with Crippen LogP contribution in [0.3, 0.4) is 0 Å². The fourth-order valence-corrected chi connectivity index (χ4v) is 1.45. The second kappa shape index (κ2) is 3.05. The van der Waals surface area contributed by atoms with Crippen molar-refractivity contribution in [2.45, 2.75) is 12.5 Å². The predicted octanol–water partition coefficient (Wildman–Crippen LogP) is 0.591. The average Bonchev–Trinajstić information content (AvgIpc) is 2.59. The van der Waals surface area contributed by atoms with Gasteiger partial charge in [0.1, 0.15) is 6.04 Å². The van der Waals surface area contributed by atoms with E-state index >= 15 is 0 Å². The summed E-state index contributed by atoms with van der Waals surface area (Å²) in [7, 11) is 1.39. The van der Waals surface area contributed by atoms with Crippen molar-refractivity contribution in [3.63, 3.8) is 0 Å². The zero-order valence-corrected chi connectivity index (χ0v) is 7.28. The Balaban J connectivity index is 2.18. The van der Waals surface area contributed by atoms with Crippen LogP contribution in [0.15, 0.2) is 18.3 Å². The minimum absolute atomic E-state index is 0.238. The summed E-state index contributed by atoms with van der Waals surface area (Å²) in [5.74, 6) is -0.238. The summed E-state index contributed by atoms with van der Waals surface area (Å²) in [5.41, 5.74) is 1.86. The highest BCUT2D eigenvalue weighted by atomic mass is 16.5. The van der Waals surface area contributed by atoms with Crippen molar-refractivity contribution in [1.29, 1.82) is 0 Å². The van der Waals surface area contributed by atoms with E-state index in [4.69, 9.17) is 0 Å². The number of pyridine rings is 1. The molecule has 0 amide bonds. The van der Waals surface area contributed by atoms with Crippen LogP contribution in [-0.2, 0) is 16.0 Å². The van der Waals surface area contributed by atoms with E-state index in [-0.39, 0.29) is 12.0 Å². The van der Waals surface area contributed by atoms with Gasteiger partial charge in [-0.15, -0.1) is 0 Å². The molecule has 1 aromatic heterocycles. The van der Waals surface area contributed by atoms with E-state index in [1.807, 2.05) is 12.1 Å². The van der Waals surface area contributed by atoms with E-state index in [9.17, 15) is 4.79 Å². The van der Waals surface area contributed by atoms with Crippen molar-refractivity contribution in [3.05, 3.63) is 24.0 Å². The highest BCUT2D eigenvalue weighted by molar-refractivity contribution is 5.82. The number of fused-ring (bicyclic) bond motifs is 1. The fraction of sp³-hybridized carbons (Fsp3) is 0.333. The van der Waals surface area contributed by atoms with E-state index in [0.29, 0.717) is 6.42 Å². The maximum absolute atomic E-state index is 11.2. The number of esters is 1. The van der Waals surface area contributed by atoms with E-state index in [2.05, 4.69) is 15.0 Å². The van der Waals surface area contributed by atoms with Crippen LogP contribution in [0.25, 0.3) is 0 Å². The summed E-state index contributed by atoms with van der Waals surface area (Å²) in [6.07, 6.45) is 2.34. The first kappa shape index (κ1) is 8.04. The van der Waals surface area contributed by atoms with E-state index in [1.165, 1.54) is 7.11 Å². The van der Waals surface area contributed by atoms with E-state index < -0.39 is 0 Å². The van der Waals surface area contributed by atoms with Gasteiger partial charge in [0.2, 0.25) is 0 Å². The van der Waals surface area contributed by atoms with Gasteiger partial charge < -0.3 is 10.1 Å². The maximum atomic E-state index is 11.2. The Morgan fingerprint density at radius 2 is 2.62 bits per heavy atom. The number of anilines is 1. The van der Waals surface area contributed by atoms with Crippen molar-refractivity contribution in [1.82, 2.24) is 4.98 Å². The average molecular weight is 178 g/mol. The first-order valence-electron chi connectivity index (χ1n) is 4.09. The van der Waals surface area contributed by atoms with Crippen molar-refractivity contribution in [3.8, 4) is 0 Å². The topological polar surface area (TPSA) is 51.2 Å². The molecule has 13 heavy (non-hydrogen) atoms. The maximum Gasteiger partial charge on any atom is 0.328 e.